The highest BCUT2D eigenvalue weighted by molar-refractivity contribution is 5.88. The highest BCUT2D eigenvalue weighted by atomic mass is 16.5. The molecule has 1 aliphatic rings. The topological polar surface area (TPSA) is 82.2 Å². The van der Waals surface area contributed by atoms with Crippen LogP contribution in [-0.2, 0) is 16.1 Å². The first-order chi connectivity index (χ1) is 13.9. The summed E-state index contributed by atoms with van der Waals surface area (Å²) >= 11 is 0. The van der Waals surface area contributed by atoms with Crippen LogP contribution in [0.2, 0.25) is 0 Å². The Morgan fingerprint density at radius 1 is 1.24 bits per heavy atom. The molecular formula is C23H28N4O2. The van der Waals surface area contributed by atoms with Crippen LogP contribution >= 0.6 is 0 Å². The van der Waals surface area contributed by atoms with Gasteiger partial charge in [-0.1, -0.05) is 38.1 Å². The van der Waals surface area contributed by atoms with Gasteiger partial charge in [-0.15, -0.1) is 0 Å². The van der Waals surface area contributed by atoms with Crippen LogP contribution in [0.3, 0.4) is 0 Å². The van der Waals surface area contributed by atoms with Crippen molar-refractivity contribution in [1.82, 2.24) is 14.9 Å². The molecule has 1 fully saturated rings. The van der Waals surface area contributed by atoms with E-state index in [1.54, 1.807) is 0 Å². The molecule has 29 heavy (non-hydrogen) atoms. The predicted octanol–water partition coefficient (Wildman–Crippen LogP) is 3.17. The summed E-state index contributed by atoms with van der Waals surface area (Å²) in [6.07, 6.45) is 2.40. The summed E-state index contributed by atoms with van der Waals surface area (Å²) in [6, 6.07) is 16.1. The summed E-state index contributed by atoms with van der Waals surface area (Å²) in [4.78, 5) is 17.2. The molecule has 0 spiro atoms. The molecule has 2 unspecified atom stereocenters. The average Bonchev–Trinajstić information content (AvgIpc) is 3.16. The van der Waals surface area contributed by atoms with Gasteiger partial charge in [0.15, 0.2) is 0 Å². The van der Waals surface area contributed by atoms with E-state index in [2.05, 4.69) is 14.9 Å². The van der Waals surface area contributed by atoms with Crippen molar-refractivity contribution in [1.29, 1.82) is 0 Å². The smallest absolute Gasteiger partial charge is 0.241 e. The fourth-order valence-corrected chi connectivity index (χ4v) is 4.10. The number of imidazole rings is 1. The van der Waals surface area contributed by atoms with Crippen LogP contribution in [0.15, 0.2) is 54.9 Å². The number of hydrogen-bond acceptors (Lipinski definition) is 4. The Labute approximate surface area is 171 Å². The lowest BCUT2D eigenvalue weighted by Crippen LogP contribution is -2.75. The number of para-hydroxylation sites is 2. The Morgan fingerprint density at radius 3 is 2.66 bits per heavy atom. The van der Waals surface area contributed by atoms with Crippen LogP contribution in [0.1, 0.15) is 32.8 Å². The zero-order chi connectivity index (χ0) is 20.6. The Bertz CT molecular complexity index is 1020. The monoisotopic (exact) mass is 392 g/mol. The number of nitrogens with one attached hydrogen (secondary N) is 1. The fraction of sp³-hybridized carbons (Fsp3) is 0.391. The number of carbonyl (C=O) groups excluding carboxylic acids is 1. The summed E-state index contributed by atoms with van der Waals surface area (Å²) < 4.78 is 7.77. The largest absolute Gasteiger partial charge is 0.378 e. The Hall–Kier alpha value is -2.70. The van der Waals surface area contributed by atoms with Crippen molar-refractivity contribution < 1.29 is 9.53 Å². The SMILES string of the molecule is CCOC1CC(N)(C(=O)NCc2ccc(-n3cnc4ccccc43)cc2)C1(C)C. The standard InChI is InChI=1S/C23H28N4O2/c1-4-29-20-13-23(24,22(20,2)3)21(28)25-14-16-9-11-17(12-10-16)27-15-26-18-7-5-6-8-19(18)27/h5-12,15,20H,4,13-14,24H2,1-3H3,(H,25,28). The minimum atomic E-state index is -0.900. The van der Waals surface area contributed by atoms with Crippen molar-refractivity contribution in [3.8, 4) is 5.69 Å². The number of ether oxygens (including phenoxy) is 1. The van der Waals surface area contributed by atoms with Gasteiger partial charge in [0.2, 0.25) is 5.91 Å². The molecule has 0 saturated heterocycles. The molecule has 2 aromatic carbocycles. The van der Waals surface area contributed by atoms with Crippen molar-refractivity contribution in [2.24, 2.45) is 11.1 Å². The van der Waals surface area contributed by atoms with Crippen LogP contribution in [0.25, 0.3) is 16.7 Å². The number of hydrogen-bond donors (Lipinski definition) is 2. The first-order valence-electron chi connectivity index (χ1n) is 10.1. The van der Waals surface area contributed by atoms with E-state index in [0.29, 0.717) is 19.6 Å². The van der Waals surface area contributed by atoms with E-state index < -0.39 is 5.54 Å². The van der Waals surface area contributed by atoms with E-state index in [9.17, 15) is 4.79 Å². The number of nitrogens with two attached hydrogens (primary N) is 1. The Kier molecular flexibility index (Phi) is 4.92. The number of nitrogens with zero attached hydrogens (tertiary/aromatic N) is 2. The molecule has 3 N–H and O–H groups in total. The molecule has 6 nitrogen and oxygen atoms in total. The van der Waals surface area contributed by atoms with E-state index in [-0.39, 0.29) is 17.4 Å². The summed E-state index contributed by atoms with van der Waals surface area (Å²) in [5.74, 6) is -0.122. The average molecular weight is 393 g/mol. The molecular weight excluding hydrogens is 364 g/mol. The predicted molar refractivity (Wildman–Crippen MR) is 114 cm³/mol. The van der Waals surface area contributed by atoms with Crippen LogP contribution in [0.4, 0.5) is 0 Å². The molecule has 3 aromatic rings. The lowest BCUT2D eigenvalue weighted by atomic mass is 9.54. The normalized spacial score (nSPS) is 23.0. The molecule has 2 atom stereocenters. The number of carbonyl (C=O) groups is 1. The highest BCUT2D eigenvalue weighted by Gasteiger charge is 2.62. The lowest BCUT2D eigenvalue weighted by Gasteiger charge is -2.57. The van der Waals surface area contributed by atoms with Crippen LogP contribution in [-0.4, -0.2) is 33.7 Å². The second-order valence-corrected chi connectivity index (χ2v) is 8.29. The number of amides is 1. The maximum atomic E-state index is 12.8. The van der Waals surface area contributed by atoms with Gasteiger partial charge in [0.05, 0.1) is 17.1 Å². The molecule has 1 aromatic heterocycles. The second-order valence-electron chi connectivity index (χ2n) is 8.29. The van der Waals surface area contributed by atoms with Crippen molar-refractivity contribution in [3.05, 3.63) is 60.4 Å². The molecule has 4 rings (SSSR count). The second kappa shape index (κ2) is 7.28. The molecule has 1 amide bonds. The van der Waals surface area contributed by atoms with Crippen molar-refractivity contribution in [2.45, 2.75) is 45.4 Å². The van der Waals surface area contributed by atoms with Crippen LogP contribution in [0.5, 0.6) is 0 Å². The number of fused-ring (bicyclic) bond motifs is 1. The summed E-state index contributed by atoms with van der Waals surface area (Å²) in [5, 5.41) is 3.00. The van der Waals surface area contributed by atoms with Crippen molar-refractivity contribution in [2.75, 3.05) is 6.61 Å². The van der Waals surface area contributed by atoms with Gasteiger partial charge in [-0.05, 0) is 36.8 Å². The third-order valence-corrected chi connectivity index (χ3v) is 6.36. The molecule has 1 heterocycles. The summed E-state index contributed by atoms with van der Waals surface area (Å²) in [5.41, 5.74) is 9.24. The number of benzene rings is 2. The van der Waals surface area contributed by atoms with E-state index in [1.165, 1.54) is 0 Å². The minimum absolute atomic E-state index is 0.0209. The van der Waals surface area contributed by atoms with Crippen LogP contribution < -0.4 is 11.1 Å². The first kappa shape index (κ1) is 19.6. The summed E-state index contributed by atoms with van der Waals surface area (Å²) in [6.45, 7) is 7.03. The molecule has 0 aliphatic heterocycles. The van der Waals surface area contributed by atoms with E-state index in [0.717, 1.165) is 22.3 Å². The van der Waals surface area contributed by atoms with Gasteiger partial charge in [0.1, 0.15) is 11.9 Å². The van der Waals surface area contributed by atoms with Crippen molar-refractivity contribution in [3.63, 3.8) is 0 Å². The van der Waals surface area contributed by atoms with Gasteiger partial charge in [0.25, 0.3) is 0 Å². The van der Waals surface area contributed by atoms with Gasteiger partial charge in [-0.3, -0.25) is 9.36 Å². The molecule has 1 aliphatic carbocycles. The Morgan fingerprint density at radius 2 is 1.97 bits per heavy atom. The number of aromatic nitrogens is 2. The number of rotatable bonds is 6. The van der Waals surface area contributed by atoms with E-state index in [4.69, 9.17) is 10.5 Å². The van der Waals surface area contributed by atoms with Gasteiger partial charge in [-0.2, -0.15) is 0 Å². The summed E-state index contributed by atoms with van der Waals surface area (Å²) in [7, 11) is 0. The molecule has 0 bridgehead atoms. The molecule has 6 heteroatoms. The first-order valence-corrected chi connectivity index (χ1v) is 10.1. The lowest BCUT2D eigenvalue weighted by molar-refractivity contribution is -0.170. The van der Waals surface area contributed by atoms with Gasteiger partial charge in [0, 0.05) is 30.7 Å². The van der Waals surface area contributed by atoms with E-state index >= 15 is 0 Å². The minimum Gasteiger partial charge on any atom is -0.378 e. The fourth-order valence-electron chi connectivity index (χ4n) is 4.10. The zero-order valence-corrected chi connectivity index (χ0v) is 17.2. The third kappa shape index (κ3) is 3.22. The molecule has 1 saturated carbocycles. The maximum absolute atomic E-state index is 12.8. The highest BCUT2D eigenvalue weighted by Crippen LogP contribution is 2.49. The van der Waals surface area contributed by atoms with Crippen LogP contribution in [0, 0.1) is 5.41 Å². The molecule has 0 radical (unpaired) electrons. The van der Waals surface area contributed by atoms with Gasteiger partial charge in [-0.25, -0.2) is 4.98 Å². The molecule has 152 valence electrons. The van der Waals surface area contributed by atoms with E-state index in [1.807, 2.05) is 75.6 Å². The maximum Gasteiger partial charge on any atom is 0.241 e. The Balaban J connectivity index is 1.42. The third-order valence-electron chi connectivity index (χ3n) is 6.36. The quantitative estimate of drug-likeness (QED) is 0.675. The van der Waals surface area contributed by atoms with Crippen molar-refractivity contribution >= 4 is 16.9 Å². The van der Waals surface area contributed by atoms with Gasteiger partial charge >= 0.3 is 0 Å². The van der Waals surface area contributed by atoms with Gasteiger partial charge < -0.3 is 15.8 Å². The zero-order valence-electron chi connectivity index (χ0n) is 17.2.